The molecule has 2 aromatic rings. The van der Waals surface area contributed by atoms with Crippen LogP contribution in [0.5, 0.6) is 11.6 Å². The average molecular weight is 324 g/mol. The highest BCUT2D eigenvalue weighted by Crippen LogP contribution is 2.31. The maximum Gasteiger partial charge on any atom is 0.238 e. The average Bonchev–Trinajstić information content (AvgIpc) is 2.42. The molecule has 6 heteroatoms. The Bertz CT molecular complexity index is 563. The fourth-order valence-electron chi connectivity index (χ4n) is 1.58. The van der Waals surface area contributed by atoms with Crippen LogP contribution in [0.3, 0.4) is 0 Å². The molecule has 0 atom stereocenters. The summed E-state index contributed by atoms with van der Waals surface area (Å²) in [5.74, 6) is 1.85. The van der Waals surface area contributed by atoms with E-state index in [1.165, 1.54) is 6.33 Å². The van der Waals surface area contributed by atoms with Gasteiger partial charge in [0.05, 0.1) is 6.61 Å². The summed E-state index contributed by atoms with van der Waals surface area (Å²) in [6, 6.07) is 7.67. The molecule has 0 aliphatic carbocycles. The van der Waals surface area contributed by atoms with E-state index in [9.17, 15) is 0 Å². The van der Waals surface area contributed by atoms with Crippen molar-refractivity contribution < 1.29 is 9.47 Å². The van der Waals surface area contributed by atoms with Crippen LogP contribution < -0.4 is 10.1 Å². The number of halogens is 1. The van der Waals surface area contributed by atoms with Crippen molar-refractivity contribution in [1.82, 2.24) is 9.97 Å². The van der Waals surface area contributed by atoms with Crippen molar-refractivity contribution in [2.75, 3.05) is 19.5 Å². The number of nitrogens with one attached hydrogen (secondary N) is 1. The van der Waals surface area contributed by atoms with E-state index < -0.39 is 0 Å². The highest BCUT2D eigenvalue weighted by Gasteiger charge is 2.09. The zero-order valence-corrected chi connectivity index (χ0v) is 12.3. The summed E-state index contributed by atoms with van der Waals surface area (Å²) in [5.41, 5.74) is 1.04. The number of anilines is 1. The summed E-state index contributed by atoms with van der Waals surface area (Å²) in [5, 5.41) is 2.96. The number of rotatable bonds is 5. The third-order valence-electron chi connectivity index (χ3n) is 2.42. The lowest BCUT2D eigenvalue weighted by molar-refractivity contribution is 0.184. The lowest BCUT2D eigenvalue weighted by Crippen LogP contribution is -1.98. The Labute approximate surface area is 120 Å². The first-order chi connectivity index (χ1) is 9.24. The minimum Gasteiger partial charge on any atom is -0.438 e. The first-order valence-corrected chi connectivity index (χ1v) is 6.48. The molecular formula is C13H14BrN3O2. The zero-order valence-electron chi connectivity index (χ0n) is 10.7. The number of aromatic nitrogens is 2. The molecule has 2 rings (SSSR count). The minimum atomic E-state index is 0.467. The van der Waals surface area contributed by atoms with Crippen LogP contribution in [-0.2, 0) is 11.3 Å². The monoisotopic (exact) mass is 323 g/mol. The molecule has 0 spiro atoms. The van der Waals surface area contributed by atoms with Crippen LogP contribution in [0.2, 0.25) is 0 Å². The Balaban J connectivity index is 2.23. The van der Waals surface area contributed by atoms with Gasteiger partial charge in [-0.3, -0.25) is 0 Å². The number of hydrogen-bond acceptors (Lipinski definition) is 5. The van der Waals surface area contributed by atoms with Gasteiger partial charge in [-0.1, -0.05) is 12.1 Å². The molecule has 0 aliphatic rings. The lowest BCUT2D eigenvalue weighted by atomic mass is 10.2. The van der Waals surface area contributed by atoms with Crippen LogP contribution in [0.1, 0.15) is 5.56 Å². The number of ether oxygens (including phenoxy) is 2. The quantitative estimate of drug-likeness (QED) is 0.915. The van der Waals surface area contributed by atoms with Crippen LogP contribution in [0.15, 0.2) is 35.1 Å². The second kappa shape index (κ2) is 6.49. The fraction of sp³-hybridized carbons (Fsp3) is 0.231. The molecule has 1 N–H and O–H groups in total. The van der Waals surface area contributed by atoms with Gasteiger partial charge in [0.15, 0.2) is 0 Å². The van der Waals surface area contributed by atoms with Crippen molar-refractivity contribution in [3.8, 4) is 11.6 Å². The summed E-state index contributed by atoms with van der Waals surface area (Å²) < 4.78 is 11.5. The van der Waals surface area contributed by atoms with E-state index in [1.807, 2.05) is 24.3 Å². The van der Waals surface area contributed by atoms with Gasteiger partial charge < -0.3 is 14.8 Å². The molecule has 0 unspecified atom stereocenters. The van der Waals surface area contributed by atoms with Gasteiger partial charge in [-0.2, -0.15) is 0 Å². The highest BCUT2D eigenvalue weighted by molar-refractivity contribution is 9.10. The van der Waals surface area contributed by atoms with Crippen molar-refractivity contribution >= 4 is 21.7 Å². The molecule has 1 aromatic heterocycles. The number of methoxy groups -OCH3 is 1. The Morgan fingerprint density at radius 2 is 2.16 bits per heavy atom. The first kappa shape index (κ1) is 13.8. The molecule has 1 heterocycles. The van der Waals surface area contributed by atoms with E-state index >= 15 is 0 Å². The van der Waals surface area contributed by atoms with E-state index in [4.69, 9.17) is 9.47 Å². The zero-order chi connectivity index (χ0) is 13.7. The summed E-state index contributed by atoms with van der Waals surface area (Å²) in [6.45, 7) is 0.546. The Morgan fingerprint density at radius 1 is 1.32 bits per heavy atom. The summed E-state index contributed by atoms with van der Waals surface area (Å²) in [4.78, 5) is 8.18. The molecule has 0 bridgehead atoms. The molecule has 0 aliphatic heterocycles. The van der Waals surface area contributed by atoms with E-state index in [2.05, 4.69) is 31.2 Å². The van der Waals surface area contributed by atoms with Gasteiger partial charge in [0.25, 0.3) is 0 Å². The Kier molecular flexibility index (Phi) is 4.70. The summed E-state index contributed by atoms with van der Waals surface area (Å²) in [7, 11) is 3.45. The van der Waals surface area contributed by atoms with Gasteiger partial charge in [-0.05, 0) is 33.6 Å². The molecule has 0 fully saturated rings. The summed E-state index contributed by atoms with van der Waals surface area (Å²) in [6.07, 6.45) is 1.45. The standard InChI is InChI=1S/C13H14BrN3O2/c1-15-12-11(14)13(17-8-16-12)19-10-5-3-4-9(6-10)7-18-2/h3-6,8H,7H2,1-2H3,(H,15,16,17). The Hall–Kier alpha value is -1.66. The molecule has 100 valence electrons. The number of benzene rings is 1. The summed E-state index contributed by atoms with van der Waals surface area (Å²) >= 11 is 3.41. The van der Waals surface area contributed by atoms with Crippen molar-refractivity contribution in [3.63, 3.8) is 0 Å². The minimum absolute atomic E-state index is 0.467. The first-order valence-electron chi connectivity index (χ1n) is 5.68. The molecule has 1 aromatic carbocycles. The third kappa shape index (κ3) is 3.42. The van der Waals surface area contributed by atoms with Crippen molar-refractivity contribution in [3.05, 3.63) is 40.6 Å². The van der Waals surface area contributed by atoms with Crippen molar-refractivity contribution in [1.29, 1.82) is 0 Å². The largest absolute Gasteiger partial charge is 0.438 e. The van der Waals surface area contributed by atoms with Gasteiger partial charge in [0, 0.05) is 14.2 Å². The fourth-order valence-corrected chi connectivity index (χ4v) is 2.06. The molecule has 5 nitrogen and oxygen atoms in total. The predicted octanol–water partition coefficient (Wildman–Crippen LogP) is 3.22. The number of nitrogens with zero attached hydrogens (tertiary/aromatic N) is 2. The van der Waals surface area contributed by atoms with Crippen LogP contribution in [-0.4, -0.2) is 24.1 Å². The number of hydrogen-bond donors (Lipinski definition) is 1. The molecule has 0 saturated carbocycles. The molecule has 0 amide bonds. The van der Waals surface area contributed by atoms with Gasteiger partial charge in [0.2, 0.25) is 5.88 Å². The second-order valence-electron chi connectivity index (χ2n) is 3.77. The third-order valence-corrected chi connectivity index (χ3v) is 3.13. The maximum atomic E-state index is 5.75. The normalized spacial score (nSPS) is 10.3. The Morgan fingerprint density at radius 3 is 2.89 bits per heavy atom. The SMILES string of the molecule is CNc1ncnc(Oc2cccc(COC)c2)c1Br. The second-order valence-corrected chi connectivity index (χ2v) is 4.57. The smallest absolute Gasteiger partial charge is 0.238 e. The predicted molar refractivity (Wildman–Crippen MR) is 76.5 cm³/mol. The van der Waals surface area contributed by atoms with Crippen LogP contribution >= 0.6 is 15.9 Å². The molecule has 19 heavy (non-hydrogen) atoms. The molecular weight excluding hydrogens is 310 g/mol. The van der Waals surface area contributed by atoms with Gasteiger partial charge in [-0.15, -0.1) is 0 Å². The van der Waals surface area contributed by atoms with Crippen LogP contribution in [0.25, 0.3) is 0 Å². The van der Waals surface area contributed by atoms with Gasteiger partial charge in [-0.25, -0.2) is 9.97 Å². The highest BCUT2D eigenvalue weighted by atomic mass is 79.9. The van der Waals surface area contributed by atoms with Gasteiger partial charge in [0.1, 0.15) is 22.4 Å². The van der Waals surface area contributed by atoms with E-state index in [0.29, 0.717) is 28.5 Å². The van der Waals surface area contributed by atoms with Gasteiger partial charge >= 0.3 is 0 Å². The van der Waals surface area contributed by atoms with Crippen molar-refractivity contribution in [2.45, 2.75) is 6.61 Å². The van der Waals surface area contributed by atoms with Crippen LogP contribution in [0, 0.1) is 0 Å². The molecule has 0 saturated heterocycles. The topological polar surface area (TPSA) is 56.3 Å². The van der Waals surface area contributed by atoms with Crippen molar-refractivity contribution in [2.24, 2.45) is 0 Å². The van der Waals surface area contributed by atoms with E-state index in [-0.39, 0.29) is 0 Å². The maximum absolute atomic E-state index is 5.75. The molecule has 0 radical (unpaired) electrons. The van der Waals surface area contributed by atoms with Crippen LogP contribution in [0.4, 0.5) is 5.82 Å². The lowest BCUT2D eigenvalue weighted by Gasteiger charge is -2.09. The van der Waals surface area contributed by atoms with E-state index in [1.54, 1.807) is 14.2 Å². The van der Waals surface area contributed by atoms with E-state index in [0.717, 1.165) is 5.56 Å².